The Balaban J connectivity index is 2.20. The van der Waals surface area contributed by atoms with Crippen LogP contribution in [0.2, 0.25) is 5.02 Å². The minimum atomic E-state index is -3.55. The van der Waals surface area contributed by atoms with Crippen molar-refractivity contribution in [2.45, 2.75) is 56.9 Å². The first-order chi connectivity index (χ1) is 9.83. The molecule has 0 spiro atoms. The maximum atomic E-state index is 12.6. The van der Waals surface area contributed by atoms with Crippen LogP contribution in [-0.4, -0.2) is 14.5 Å². The molecule has 1 saturated carbocycles. The number of benzene rings is 1. The number of hydrogen-bond donors (Lipinski definition) is 2. The SMILES string of the molecule is CCC1CCCC(NS(=O)(=O)c2cc(N)c(Cl)cc2C)C1. The minimum absolute atomic E-state index is 0.0185. The van der Waals surface area contributed by atoms with E-state index in [0.717, 1.165) is 25.7 Å². The van der Waals surface area contributed by atoms with E-state index in [9.17, 15) is 8.42 Å². The van der Waals surface area contributed by atoms with E-state index in [4.69, 9.17) is 17.3 Å². The molecule has 1 fully saturated rings. The first-order valence-corrected chi connectivity index (χ1v) is 9.27. The molecule has 0 amide bonds. The van der Waals surface area contributed by atoms with Crippen molar-refractivity contribution in [3.63, 3.8) is 0 Å². The van der Waals surface area contributed by atoms with Gasteiger partial charge in [0.05, 0.1) is 15.6 Å². The number of sulfonamides is 1. The van der Waals surface area contributed by atoms with Crippen LogP contribution in [0, 0.1) is 12.8 Å². The van der Waals surface area contributed by atoms with E-state index < -0.39 is 10.0 Å². The average molecular weight is 331 g/mol. The number of nitrogens with one attached hydrogen (secondary N) is 1. The standard InChI is InChI=1S/C15H23ClN2O2S/c1-3-11-5-4-6-12(8-11)18-21(19,20)15-9-14(17)13(16)7-10(15)2/h7,9,11-12,18H,3-6,8,17H2,1-2H3. The van der Waals surface area contributed by atoms with Crippen LogP contribution in [0.15, 0.2) is 17.0 Å². The zero-order valence-electron chi connectivity index (χ0n) is 12.5. The molecule has 0 aliphatic heterocycles. The van der Waals surface area contributed by atoms with Crippen molar-refractivity contribution in [3.8, 4) is 0 Å². The lowest BCUT2D eigenvalue weighted by atomic mass is 9.85. The van der Waals surface area contributed by atoms with Gasteiger partial charge in [-0.3, -0.25) is 0 Å². The highest BCUT2D eigenvalue weighted by Gasteiger charge is 2.27. The Morgan fingerprint density at radius 1 is 1.38 bits per heavy atom. The Bertz CT molecular complexity index is 616. The van der Waals surface area contributed by atoms with Crippen molar-refractivity contribution >= 4 is 27.3 Å². The molecule has 2 atom stereocenters. The summed E-state index contributed by atoms with van der Waals surface area (Å²) in [6, 6.07) is 3.06. The highest BCUT2D eigenvalue weighted by atomic mass is 35.5. The normalized spacial score (nSPS) is 23.2. The van der Waals surface area contributed by atoms with Crippen LogP contribution in [-0.2, 0) is 10.0 Å². The fourth-order valence-electron chi connectivity index (χ4n) is 3.01. The molecule has 0 bridgehead atoms. The van der Waals surface area contributed by atoms with Gasteiger partial charge in [-0.1, -0.05) is 37.8 Å². The lowest BCUT2D eigenvalue weighted by molar-refractivity contribution is 0.301. The average Bonchev–Trinajstić information content (AvgIpc) is 2.42. The lowest BCUT2D eigenvalue weighted by Gasteiger charge is -2.29. The van der Waals surface area contributed by atoms with Crippen LogP contribution in [0.3, 0.4) is 0 Å². The van der Waals surface area contributed by atoms with Crippen molar-refractivity contribution in [1.82, 2.24) is 4.72 Å². The van der Waals surface area contributed by atoms with Gasteiger partial charge in [-0.15, -0.1) is 0 Å². The Morgan fingerprint density at radius 3 is 2.76 bits per heavy atom. The summed E-state index contributed by atoms with van der Waals surface area (Å²) in [5, 5.41) is 0.384. The molecule has 4 nitrogen and oxygen atoms in total. The second kappa shape index (κ2) is 6.55. The molecule has 0 aromatic heterocycles. The summed E-state index contributed by atoms with van der Waals surface area (Å²) in [6.07, 6.45) is 5.19. The summed E-state index contributed by atoms with van der Waals surface area (Å²) in [5.74, 6) is 0.614. The molecule has 1 aromatic rings. The van der Waals surface area contributed by atoms with Gasteiger partial charge in [-0.05, 0) is 43.4 Å². The summed E-state index contributed by atoms with van der Waals surface area (Å²) >= 11 is 5.93. The van der Waals surface area contributed by atoms with Crippen molar-refractivity contribution < 1.29 is 8.42 Å². The predicted octanol–water partition coefficient (Wildman–Crippen LogP) is 3.48. The van der Waals surface area contributed by atoms with E-state index in [2.05, 4.69) is 11.6 Å². The first-order valence-electron chi connectivity index (χ1n) is 7.41. The highest BCUT2D eigenvalue weighted by molar-refractivity contribution is 7.89. The number of hydrogen-bond acceptors (Lipinski definition) is 3. The Labute approximate surface area is 132 Å². The number of nitrogens with two attached hydrogens (primary N) is 1. The molecular weight excluding hydrogens is 308 g/mol. The van der Waals surface area contributed by atoms with Gasteiger partial charge in [0.1, 0.15) is 0 Å². The molecule has 0 saturated heterocycles. The third-order valence-corrected chi connectivity index (χ3v) is 6.26. The van der Waals surface area contributed by atoms with E-state index in [-0.39, 0.29) is 16.6 Å². The number of nitrogen functional groups attached to an aromatic ring is 1. The number of aryl methyl sites for hydroxylation is 1. The van der Waals surface area contributed by atoms with Crippen LogP contribution in [0.4, 0.5) is 5.69 Å². The molecule has 1 aliphatic rings. The molecule has 0 radical (unpaired) electrons. The first kappa shape index (κ1) is 16.6. The monoisotopic (exact) mass is 330 g/mol. The Hall–Kier alpha value is -0.780. The van der Waals surface area contributed by atoms with Crippen LogP contribution in [0.25, 0.3) is 0 Å². The fraction of sp³-hybridized carbons (Fsp3) is 0.600. The van der Waals surface area contributed by atoms with Crippen LogP contribution in [0.5, 0.6) is 0 Å². The minimum Gasteiger partial charge on any atom is -0.397 e. The third-order valence-electron chi connectivity index (χ3n) is 4.27. The van der Waals surface area contributed by atoms with Crippen molar-refractivity contribution in [2.75, 3.05) is 5.73 Å². The van der Waals surface area contributed by atoms with Gasteiger partial charge < -0.3 is 5.73 Å². The summed E-state index contributed by atoms with van der Waals surface area (Å²) in [6.45, 7) is 3.89. The topological polar surface area (TPSA) is 72.2 Å². The lowest BCUT2D eigenvalue weighted by Crippen LogP contribution is -2.38. The highest BCUT2D eigenvalue weighted by Crippen LogP contribution is 2.29. The molecule has 6 heteroatoms. The Kier molecular flexibility index (Phi) is 5.17. The molecule has 3 N–H and O–H groups in total. The van der Waals surface area contributed by atoms with E-state index >= 15 is 0 Å². The van der Waals surface area contributed by atoms with Gasteiger partial charge in [-0.2, -0.15) is 0 Å². The van der Waals surface area contributed by atoms with E-state index in [1.165, 1.54) is 12.5 Å². The largest absolute Gasteiger partial charge is 0.397 e. The Morgan fingerprint density at radius 2 is 2.10 bits per heavy atom. The predicted molar refractivity (Wildman–Crippen MR) is 87.0 cm³/mol. The second-order valence-electron chi connectivity index (χ2n) is 5.90. The van der Waals surface area contributed by atoms with Crippen molar-refractivity contribution in [3.05, 3.63) is 22.7 Å². The van der Waals surface area contributed by atoms with Crippen molar-refractivity contribution in [2.24, 2.45) is 5.92 Å². The van der Waals surface area contributed by atoms with Crippen LogP contribution in [0.1, 0.15) is 44.6 Å². The maximum Gasteiger partial charge on any atom is 0.241 e. The number of halogens is 1. The second-order valence-corrected chi connectivity index (χ2v) is 7.99. The molecule has 1 aromatic carbocycles. The van der Waals surface area contributed by atoms with E-state index in [1.54, 1.807) is 13.0 Å². The van der Waals surface area contributed by atoms with Gasteiger partial charge >= 0.3 is 0 Å². The molecular formula is C15H23ClN2O2S. The smallest absolute Gasteiger partial charge is 0.241 e. The maximum absolute atomic E-state index is 12.6. The third kappa shape index (κ3) is 3.90. The molecule has 0 heterocycles. The molecule has 1 aliphatic carbocycles. The summed E-state index contributed by atoms with van der Waals surface area (Å²) in [4.78, 5) is 0.225. The molecule has 2 rings (SSSR count). The quantitative estimate of drug-likeness (QED) is 0.830. The molecule has 2 unspecified atom stereocenters. The zero-order valence-corrected chi connectivity index (χ0v) is 14.1. The van der Waals surface area contributed by atoms with Gasteiger partial charge in [-0.25, -0.2) is 13.1 Å². The summed E-state index contributed by atoms with van der Waals surface area (Å²) in [5.41, 5.74) is 6.64. The molecule has 118 valence electrons. The summed E-state index contributed by atoms with van der Waals surface area (Å²) in [7, 11) is -3.55. The van der Waals surface area contributed by atoms with E-state index in [1.807, 2.05) is 0 Å². The van der Waals surface area contributed by atoms with E-state index in [0.29, 0.717) is 16.5 Å². The summed E-state index contributed by atoms with van der Waals surface area (Å²) < 4.78 is 28.0. The van der Waals surface area contributed by atoms with Crippen LogP contribution >= 0.6 is 11.6 Å². The number of rotatable bonds is 4. The van der Waals surface area contributed by atoms with Crippen LogP contribution < -0.4 is 10.5 Å². The van der Waals surface area contributed by atoms with Gasteiger partial charge in [0.2, 0.25) is 10.0 Å². The fourth-order valence-corrected chi connectivity index (χ4v) is 4.77. The van der Waals surface area contributed by atoms with Gasteiger partial charge in [0, 0.05) is 6.04 Å². The van der Waals surface area contributed by atoms with Gasteiger partial charge in [0.25, 0.3) is 0 Å². The van der Waals surface area contributed by atoms with Crippen molar-refractivity contribution in [1.29, 1.82) is 0 Å². The number of anilines is 1. The zero-order chi connectivity index (χ0) is 15.6. The van der Waals surface area contributed by atoms with Gasteiger partial charge in [0.15, 0.2) is 0 Å². The molecule has 21 heavy (non-hydrogen) atoms.